The van der Waals surface area contributed by atoms with Crippen LogP contribution in [0.3, 0.4) is 0 Å². The van der Waals surface area contributed by atoms with Crippen LogP contribution in [0.5, 0.6) is 0 Å². The molecular formula is C26H32ClF3N2O. The number of nitrogens with zero attached hydrogens (tertiary/aromatic N) is 2. The summed E-state index contributed by atoms with van der Waals surface area (Å²) in [7, 11) is 0. The van der Waals surface area contributed by atoms with Crippen molar-refractivity contribution in [2.75, 3.05) is 13.1 Å². The standard InChI is InChI=1S/C10H19NO.C8H6ClN.C8H7F3/c1-4-8(3)9-6-10(12)11(5-2)7-9;1-6-2-3-7(5-10)8(9)4-6;1-2-5-3-4-6(9)8(11)7(5)10/h8-9H,4-7H2,1-3H3;2-4H,1H3;3-4H,2H2,1H3. The molecular weight excluding hydrogens is 449 g/mol. The van der Waals surface area contributed by atoms with Crippen LogP contribution in [0.4, 0.5) is 13.2 Å². The maximum absolute atomic E-state index is 12.6. The number of halogens is 4. The van der Waals surface area contributed by atoms with Gasteiger partial charge in [-0.25, -0.2) is 13.2 Å². The van der Waals surface area contributed by atoms with Gasteiger partial charge >= 0.3 is 0 Å². The summed E-state index contributed by atoms with van der Waals surface area (Å²) in [6.45, 7) is 12.0. The van der Waals surface area contributed by atoms with Crippen molar-refractivity contribution in [3.8, 4) is 6.07 Å². The minimum Gasteiger partial charge on any atom is -0.343 e. The Morgan fingerprint density at radius 2 is 1.82 bits per heavy atom. The summed E-state index contributed by atoms with van der Waals surface area (Å²) in [5.41, 5.74) is 1.81. The smallest absolute Gasteiger partial charge is 0.222 e. The van der Waals surface area contributed by atoms with Crippen LogP contribution in [-0.4, -0.2) is 23.9 Å². The highest BCUT2D eigenvalue weighted by molar-refractivity contribution is 6.31. The van der Waals surface area contributed by atoms with Crippen LogP contribution < -0.4 is 0 Å². The van der Waals surface area contributed by atoms with E-state index in [0.717, 1.165) is 31.1 Å². The monoisotopic (exact) mass is 480 g/mol. The lowest BCUT2D eigenvalue weighted by atomic mass is 9.91. The first kappa shape index (κ1) is 28.5. The molecule has 0 aliphatic carbocycles. The first-order chi connectivity index (χ1) is 15.6. The van der Waals surface area contributed by atoms with Crippen molar-refractivity contribution in [2.45, 2.75) is 53.9 Å². The number of carbonyl (C=O) groups excluding carboxylic acids is 1. The number of carbonyl (C=O) groups is 1. The van der Waals surface area contributed by atoms with E-state index in [4.69, 9.17) is 16.9 Å². The summed E-state index contributed by atoms with van der Waals surface area (Å²) < 4.78 is 37.4. The summed E-state index contributed by atoms with van der Waals surface area (Å²) in [5, 5.41) is 9.00. The number of nitriles is 1. The van der Waals surface area contributed by atoms with Crippen molar-refractivity contribution in [3.05, 3.63) is 69.5 Å². The highest BCUT2D eigenvalue weighted by atomic mass is 35.5. The lowest BCUT2D eigenvalue weighted by Crippen LogP contribution is -2.25. The fourth-order valence-corrected chi connectivity index (χ4v) is 3.65. The molecule has 0 saturated carbocycles. The number of rotatable bonds is 4. The zero-order valence-corrected chi connectivity index (χ0v) is 20.6. The zero-order valence-electron chi connectivity index (χ0n) is 19.9. The molecule has 1 fully saturated rings. The van der Waals surface area contributed by atoms with Gasteiger partial charge in [0.15, 0.2) is 17.5 Å². The summed E-state index contributed by atoms with van der Waals surface area (Å²) in [5.74, 6) is -1.94. The molecule has 1 saturated heterocycles. The van der Waals surface area contributed by atoms with Crippen LogP contribution in [0.2, 0.25) is 5.02 Å². The second kappa shape index (κ2) is 13.9. The summed E-state index contributed by atoms with van der Waals surface area (Å²) in [6.07, 6.45) is 2.33. The average molecular weight is 481 g/mol. The molecule has 0 bridgehead atoms. The number of hydrogen-bond donors (Lipinski definition) is 0. The van der Waals surface area contributed by atoms with Gasteiger partial charge in [-0.05, 0) is 61.4 Å². The third-order valence-electron chi connectivity index (χ3n) is 5.82. The first-order valence-corrected chi connectivity index (χ1v) is 11.5. The van der Waals surface area contributed by atoms with Crippen molar-refractivity contribution in [2.24, 2.45) is 11.8 Å². The van der Waals surface area contributed by atoms with Crippen molar-refractivity contribution in [1.29, 1.82) is 5.26 Å². The highest BCUT2D eigenvalue weighted by Crippen LogP contribution is 2.26. The van der Waals surface area contributed by atoms with E-state index in [9.17, 15) is 18.0 Å². The molecule has 0 radical (unpaired) electrons. The van der Waals surface area contributed by atoms with Gasteiger partial charge in [-0.1, -0.05) is 50.9 Å². The van der Waals surface area contributed by atoms with Crippen LogP contribution in [0.25, 0.3) is 0 Å². The molecule has 1 aliphatic rings. The van der Waals surface area contributed by atoms with E-state index in [1.165, 1.54) is 12.5 Å². The van der Waals surface area contributed by atoms with E-state index < -0.39 is 17.5 Å². The van der Waals surface area contributed by atoms with Gasteiger partial charge in [0, 0.05) is 19.5 Å². The molecule has 2 aromatic carbocycles. The Morgan fingerprint density at radius 1 is 1.15 bits per heavy atom. The topological polar surface area (TPSA) is 44.1 Å². The Labute approximate surface area is 200 Å². The molecule has 3 nitrogen and oxygen atoms in total. The number of likely N-dealkylation sites (tertiary alicyclic amines) is 1. The molecule has 7 heteroatoms. The molecule has 2 unspecified atom stereocenters. The molecule has 0 N–H and O–H groups in total. The number of aryl methyl sites for hydroxylation is 2. The Bertz CT molecular complexity index is 975. The number of benzene rings is 2. The van der Waals surface area contributed by atoms with E-state index in [1.54, 1.807) is 19.1 Å². The van der Waals surface area contributed by atoms with Crippen molar-refractivity contribution >= 4 is 17.5 Å². The van der Waals surface area contributed by atoms with Crippen LogP contribution in [0.15, 0.2) is 30.3 Å². The predicted octanol–water partition coefficient (Wildman–Crippen LogP) is 7.09. The van der Waals surface area contributed by atoms with Crippen molar-refractivity contribution in [1.82, 2.24) is 4.90 Å². The van der Waals surface area contributed by atoms with Gasteiger partial charge in [0.25, 0.3) is 0 Å². The van der Waals surface area contributed by atoms with E-state index in [2.05, 4.69) is 20.8 Å². The maximum atomic E-state index is 12.6. The van der Waals surface area contributed by atoms with Crippen molar-refractivity contribution < 1.29 is 18.0 Å². The molecule has 1 heterocycles. The van der Waals surface area contributed by atoms with Gasteiger partial charge in [0.2, 0.25) is 5.91 Å². The first-order valence-electron chi connectivity index (χ1n) is 11.2. The summed E-state index contributed by atoms with van der Waals surface area (Å²) in [4.78, 5) is 13.3. The van der Waals surface area contributed by atoms with Crippen molar-refractivity contribution in [3.63, 3.8) is 0 Å². The summed E-state index contributed by atoms with van der Waals surface area (Å²) in [6, 6.07) is 9.53. The molecule has 2 aromatic rings. The van der Waals surface area contributed by atoms with E-state index >= 15 is 0 Å². The molecule has 0 spiro atoms. The van der Waals surface area contributed by atoms with Crippen LogP contribution in [0.1, 0.15) is 57.2 Å². The van der Waals surface area contributed by atoms with Gasteiger partial charge in [0.05, 0.1) is 10.6 Å². The normalized spacial score (nSPS) is 15.7. The van der Waals surface area contributed by atoms with E-state index in [-0.39, 0.29) is 5.56 Å². The SMILES string of the molecule is CCC(C)C1CC(=O)N(CC)C1.CCc1ccc(F)c(F)c1F.Cc1ccc(C#N)c(Cl)c1. The van der Waals surface area contributed by atoms with Gasteiger partial charge in [-0.15, -0.1) is 0 Å². The molecule has 3 rings (SSSR count). The van der Waals surface area contributed by atoms with Gasteiger partial charge in [-0.2, -0.15) is 5.26 Å². The minimum atomic E-state index is -1.38. The molecule has 1 aliphatic heterocycles. The molecule has 180 valence electrons. The molecule has 0 aromatic heterocycles. The fraction of sp³-hybridized carbons (Fsp3) is 0.462. The predicted molar refractivity (Wildman–Crippen MR) is 126 cm³/mol. The van der Waals surface area contributed by atoms with Gasteiger partial charge in [-0.3, -0.25) is 4.79 Å². The third-order valence-corrected chi connectivity index (χ3v) is 6.13. The van der Waals surface area contributed by atoms with E-state index in [0.29, 0.717) is 34.7 Å². The summed E-state index contributed by atoms with van der Waals surface area (Å²) >= 11 is 5.71. The average Bonchev–Trinajstić information content (AvgIpc) is 3.19. The third kappa shape index (κ3) is 8.40. The Kier molecular flexibility index (Phi) is 12.0. The molecule has 2 atom stereocenters. The fourth-order valence-electron chi connectivity index (χ4n) is 3.37. The minimum absolute atomic E-state index is 0.198. The second-order valence-electron chi connectivity index (χ2n) is 8.07. The Morgan fingerprint density at radius 3 is 2.30 bits per heavy atom. The largest absolute Gasteiger partial charge is 0.343 e. The highest BCUT2D eigenvalue weighted by Gasteiger charge is 2.30. The quantitative estimate of drug-likeness (QED) is 0.438. The van der Waals surface area contributed by atoms with Gasteiger partial charge < -0.3 is 4.90 Å². The number of amides is 1. The maximum Gasteiger partial charge on any atom is 0.222 e. The van der Waals surface area contributed by atoms with Gasteiger partial charge in [0.1, 0.15) is 6.07 Å². The molecule has 1 amide bonds. The Hall–Kier alpha value is -2.52. The molecule has 33 heavy (non-hydrogen) atoms. The van der Waals surface area contributed by atoms with E-state index in [1.807, 2.05) is 24.0 Å². The van der Waals surface area contributed by atoms with Crippen LogP contribution in [0, 0.1) is 47.5 Å². The zero-order chi connectivity index (χ0) is 25.1. The second-order valence-corrected chi connectivity index (χ2v) is 8.47. The Balaban J connectivity index is 0.000000249. The van der Waals surface area contributed by atoms with Crippen LogP contribution in [-0.2, 0) is 11.2 Å². The lowest BCUT2D eigenvalue weighted by Gasteiger charge is -2.17. The number of hydrogen-bond acceptors (Lipinski definition) is 2. The lowest BCUT2D eigenvalue weighted by molar-refractivity contribution is -0.127. The van der Waals surface area contributed by atoms with Crippen LogP contribution >= 0.6 is 11.6 Å².